The van der Waals surface area contributed by atoms with Crippen LogP contribution < -0.4 is 4.90 Å². The molecule has 2 rings (SSSR count). The van der Waals surface area contributed by atoms with E-state index in [1.807, 2.05) is 42.2 Å². The van der Waals surface area contributed by atoms with Gasteiger partial charge in [0, 0.05) is 17.3 Å². The lowest BCUT2D eigenvalue weighted by molar-refractivity contribution is 0.0697. The number of rotatable bonds is 4. The van der Waals surface area contributed by atoms with Crippen molar-refractivity contribution >= 4 is 28.9 Å². The van der Waals surface area contributed by atoms with Crippen molar-refractivity contribution in [2.24, 2.45) is 0 Å². The summed E-state index contributed by atoms with van der Waals surface area (Å²) in [4.78, 5) is 13.3. The number of hydrogen-bond acceptors (Lipinski definition) is 2. The normalized spacial score (nSPS) is 10.2. The molecule has 0 radical (unpaired) electrons. The number of carboxylic acid groups (broad SMARTS) is 1. The van der Waals surface area contributed by atoms with E-state index in [-0.39, 0.29) is 5.56 Å². The van der Waals surface area contributed by atoms with E-state index in [0.717, 1.165) is 5.69 Å². The van der Waals surface area contributed by atoms with Crippen molar-refractivity contribution in [3.63, 3.8) is 0 Å². The molecule has 0 heterocycles. The Morgan fingerprint density at radius 2 is 1.89 bits per heavy atom. The van der Waals surface area contributed by atoms with Crippen LogP contribution in [-0.2, 0) is 0 Å². The zero-order valence-corrected chi connectivity index (χ0v) is 11.3. The average Bonchev–Trinajstić information content (AvgIpc) is 2.42. The summed E-state index contributed by atoms with van der Waals surface area (Å²) in [5.74, 6) is -0.980. The van der Waals surface area contributed by atoms with Crippen molar-refractivity contribution in [3.05, 3.63) is 59.1 Å². The largest absolute Gasteiger partial charge is 0.478 e. The first kappa shape index (κ1) is 13.4. The molecule has 0 unspecified atom stereocenters. The SMILES string of the molecule is CCN(c1ccccc1)c1ccc(Cl)cc1C(=O)O. The van der Waals surface area contributed by atoms with Crippen LogP contribution in [0.4, 0.5) is 11.4 Å². The van der Waals surface area contributed by atoms with Gasteiger partial charge in [0.2, 0.25) is 0 Å². The third kappa shape index (κ3) is 2.88. The maximum Gasteiger partial charge on any atom is 0.337 e. The quantitative estimate of drug-likeness (QED) is 0.909. The molecule has 0 bridgehead atoms. The number of aromatic carboxylic acids is 1. The van der Waals surface area contributed by atoms with E-state index in [1.54, 1.807) is 12.1 Å². The molecule has 0 aliphatic rings. The molecule has 2 aromatic rings. The van der Waals surface area contributed by atoms with E-state index in [1.165, 1.54) is 6.07 Å². The van der Waals surface area contributed by atoms with Gasteiger partial charge in [0.1, 0.15) is 0 Å². The predicted octanol–water partition coefficient (Wildman–Crippen LogP) is 4.20. The zero-order valence-electron chi connectivity index (χ0n) is 10.5. The average molecular weight is 276 g/mol. The number of para-hydroxylation sites is 1. The minimum atomic E-state index is -0.980. The Hall–Kier alpha value is -2.00. The molecule has 0 spiro atoms. The lowest BCUT2D eigenvalue weighted by atomic mass is 10.1. The van der Waals surface area contributed by atoms with Crippen LogP contribution in [0, 0.1) is 0 Å². The number of benzene rings is 2. The molecule has 0 aliphatic carbocycles. The lowest BCUT2D eigenvalue weighted by Crippen LogP contribution is -2.19. The fourth-order valence-corrected chi connectivity index (χ4v) is 2.19. The summed E-state index contributed by atoms with van der Waals surface area (Å²) < 4.78 is 0. The van der Waals surface area contributed by atoms with Crippen molar-refractivity contribution in [1.29, 1.82) is 0 Å². The van der Waals surface area contributed by atoms with Gasteiger partial charge in [-0.25, -0.2) is 4.79 Å². The fraction of sp³-hybridized carbons (Fsp3) is 0.133. The van der Waals surface area contributed by atoms with Crippen molar-refractivity contribution < 1.29 is 9.90 Å². The van der Waals surface area contributed by atoms with Gasteiger partial charge in [0.05, 0.1) is 11.3 Å². The second-order valence-electron chi connectivity index (χ2n) is 4.05. The molecule has 1 N–H and O–H groups in total. The van der Waals surface area contributed by atoms with Crippen LogP contribution >= 0.6 is 11.6 Å². The van der Waals surface area contributed by atoms with Crippen molar-refractivity contribution in [2.45, 2.75) is 6.92 Å². The van der Waals surface area contributed by atoms with Gasteiger partial charge in [-0.3, -0.25) is 0 Å². The second-order valence-corrected chi connectivity index (χ2v) is 4.48. The van der Waals surface area contributed by atoms with Gasteiger partial charge in [0.25, 0.3) is 0 Å². The van der Waals surface area contributed by atoms with E-state index in [4.69, 9.17) is 11.6 Å². The van der Waals surface area contributed by atoms with Crippen LogP contribution in [0.3, 0.4) is 0 Å². The molecule has 0 fully saturated rings. The minimum Gasteiger partial charge on any atom is -0.478 e. The van der Waals surface area contributed by atoms with Gasteiger partial charge in [0.15, 0.2) is 0 Å². The highest BCUT2D eigenvalue weighted by Crippen LogP contribution is 2.30. The molecular formula is C15H14ClNO2. The second kappa shape index (κ2) is 5.76. The van der Waals surface area contributed by atoms with Crippen LogP contribution in [0.5, 0.6) is 0 Å². The first-order chi connectivity index (χ1) is 9.13. The monoisotopic (exact) mass is 275 g/mol. The van der Waals surface area contributed by atoms with Gasteiger partial charge in [-0.05, 0) is 37.3 Å². The van der Waals surface area contributed by atoms with E-state index in [9.17, 15) is 9.90 Å². The highest BCUT2D eigenvalue weighted by Gasteiger charge is 2.16. The van der Waals surface area contributed by atoms with E-state index in [0.29, 0.717) is 17.3 Å². The number of anilines is 2. The number of nitrogens with zero attached hydrogens (tertiary/aromatic N) is 1. The molecule has 2 aromatic carbocycles. The molecule has 0 aromatic heterocycles. The third-order valence-electron chi connectivity index (χ3n) is 2.86. The summed E-state index contributed by atoms with van der Waals surface area (Å²) in [5.41, 5.74) is 1.80. The topological polar surface area (TPSA) is 40.5 Å². The first-order valence-electron chi connectivity index (χ1n) is 5.99. The van der Waals surface area contributed by atoms with Crippen LogP contribution in [0.15, 0.2) is 48.5 Å². The molecule has 19 heavy (non-hydrogen) atoms. The molecule has 0 atom stereocenters. The number of carbonyl (C=O) groups is 1. The Morgan fingerprint density at radius 1 is 1.21 bits per heavy atom. The summed E-state index contributed by atoms with van der Waals surface area (Å²) in [6.07, 6.45) is 0. The van der Waals surface area contributed by atoms with Gasteiger partial charge < -0.3 is 10.0 Å². The highest BCUT2D eigenvalue weighted by atomic mass is 35.5. The molecule has 98 valence electrons. The molecule has 3 nitrogen and oxygen atoms in total. The molecule has 0 aliphatic heterocycles. The summed E-state index contributed by atoms with van der Waals surface area (Å²) >= 11 is 5.87. The molecule has 0 saturated carbocycles. The summed E-state index contributed by atoms with van der Waals surface area (Å²) in [6, 6.07) is 14.6. The van der Waals surface area contributed by atoms with Gasteiger partial charge in [-0.1, -0.05) is 29.8 Å². The van der Waals surface area contributed by atoms with E-state index >= 15 is 0 Å². The van der Waals surface area contributed by atoms with E-state index < -0.39 is 5.97 Å². The van der Waals surface area contributed by atoms with Gasteiger partial charge in [-0.15, -0.1) is 0 Å². The third-order valence-corrected chi connectivity index (χ3v) is 3.10. The Morgan fingerprint density at radius 3 is 2.47 bits per heavy atom. The van der Waals surface area contributed by atoms with Crippen LogP contribution in [0.2, 0.25) is 5.02 Å². The van der Waals surface area contributed by atoms with Gasteiger partial charge >= 0.3 is 5.97 Å². The van der Waals surface area contributed by atoms with Crippen LogP contribution in [0.1, 0.15) is 17.3 Å². The maximum atomic E-state index is 11.3. The van der Waals surface area contributed by atoms with Crippen LogP contribution in [-0.4, -0.2) is 17.6 Å². The van der Waals surface area contributed by atoms with Gasteiger partial charge in [-0.2, -0.15) is 0 Å². The molecule has 4 heteroatoms. The first-order valence-corrected chi connectivity index (χ1v) is 6.36. The summed E-state index contributed by atoms with van der Waals surface area (Å²) in [7, 11) is 0. The Labute approximate surface area is 117 Å². The summed E-state index contributed by atoms with van der Waals surface area (Å²) in [5, 5.41) is 9.72. The number of halogens is 1. The Bertz CT molecular complexity index is 584. The minimum absolute atomic E-state index is 0.207. The Kier molecular flexibility index (Phi) is 4.07. The van der Waals surface area contributed by atoms with Crippen LogP contribution in [0.25, 0.3) is 0 Å². The highest BCUT2D eigenvalue weighted by molar-refractivity contribution is 6.31. The van der Waals surface area contributed by atoms with Crippen molar-refractivity contribution in [3.8, 4) is 0 Å². The van der Waals surface area contributed by atoms with Crippen molar-refractivity contribution in [1.82, 2.24) is 0 Å². The lowest BCUT2D eigenvalue weighted by Gasteiger charge is -2.25. The fourth-order valence-electron chi connectivity index (χ4n) is 2.01. The smallest absolute Gasteiger partial charge is 0.337 e. The number of hydrogen-bond donors (Lipinski definition) is 1. The standard InChI is InChI=1S/C15H14ClNO2/c1-2-17(12-6-4-3-5-7-12)14-9-8-11(16)10-13(14)15(18)19/h3-10H,2H2,1H3,(H,18,19). The van der Waals surface area contributed by atoms with Crippen molar-refractivity contribution in [2.75, 3.05) is 11.4 Å². The molecule has 0 amide bonds. The molecule has 0 saturated heterocycles. The maximum absolute atomic E-state index is 11.3. The zero-order chi connectivity index (χ0) is 13.8. The Balaban J connectivity index is 2.53. The summed E-state index contributed by atoms with van der Waals surface area (Å²) in [6.45, 7) is 2.65. The molecular weight excluding hydrogens is 262 g/mol. The predicted molar refractivity (Wildman–Crippen MR) is 77.5 cm³/mol. The van der Waals surface area contributed by atoms with E-state index in [2.05, 4.69) is 0 Å². The number of carboxylic acids is 1.